The minimum Gasteiger partial charge on any atom is -0.378 e. The highest BCUT2D eigenvalue weighted by Crippen LogP contribution is 2.23. The van der Waals surface area contributed by atoms with E-state index in [4.69, 9.17) is 4.74 Å². The van der Waals surface area contributed by atoms with Gasteiger partial charge in [0.05, 0.1) is 25.6 Å². The van der Waals surface area contributed by atoms with E-state index in [1.165, 1.54) is 11.1 Å². The minimum absolute atomic E-state index is 0.0743. The zero-order valence-corrected chi connectivity index (χ0v) is 16.5. The van der Waals surface area contributed by atoms with Crippen LogP contribution in [0.1, 0.15) is 21.6 Å². The second-order valence-electron chi connectivity index (χ2n) is 7.59. The fourth-order valence-electron chi connectivity index (χ4n) is 3.90. The van der Waals surface area contributed by atoms with Crippen molar-refractivity contribution in [2.75, 3.05) is 51.8 Å². The van der Waals surface area contributed by atoms with E-state index in [9.17, 15) is 4.79 Å². The summed E-state index contributed by atoms with van der Waals surface area (Å²) < 4.78 is 5.32. The van der Waals surface area contributed by atoms with E-state index in [0.717, 1.165) is 25.3 Å². The van der Waals surface area contributed by atoms with E-state index in [-0.39, 0.29) is 5.91 Å². The molecule has 4 rings (SSSR count). The van der Waals surface area contributed by atoms with Gasteiger partial charge in [0, 0.05) is 39.3 Å². The summed E-state index contributed by atoms with van der Waals surface area (Å²) in [5.74, 6) is 0.654. The molecule has 2 aliphatic heterocycles. The summed E-state index contributed by atoms with van der Waals surface area (Å²) >= 11 is 0. The van der Waals surface area contributed by atoms with Crippen LogP contribution in [0.3, 0.4) is 0 Å². The number of rotatable bonds is 4. The number of hydrogen-bond acceptors (Lipinski definition) is 6. The smallest absolute Gasteiger partial charge is 0.274 e. The molecule has 1 aromatic carbocycles. The summed E-state index contributed by atoms with van der Waals surface area (Å²) in [5.41, 5.74) is 3.22. The van der Waals surface area contributed by atoms with Gasteiger partial charge in [-0.2, -0.15) is 0 Å². The number of fused-ring (bicyclic) bond motifs is 1. The monoisotopic (exact) mass is 381 g/mol. The molecule has 2 aliphatic rings. The molecule has 1 fully saturated rings. The summed E-state index contributed by atoms with van der Waals surface area (Å²) in [6.45, 7) is 4.15. The van der Waals surface area contributed by atoms with E-state index < -0.39 is 0 Å². The molecule has 1 aromatic heterocycles. The van der Waals surface area contributed by atoms with Gasteiger partial charge in [0.2, 0.25) is 0 Å². The predicted octanol–water partition coefficient (Wildman–Crippen LogP) is 1.44. The first-order valence-corrected chi connectivity index (χ1v) is 9.79. The first-order chi connectivity index (χ1) is 13.6. The highest BCUT2D eigenvalue weighted by atomic mass is 16.5. The molecule has 0 aliphatic carbocycles. The van der Waals surface area contributed by atoms with Crippen molar-refractivity contribution in [2.45, 2.75) is 19.0 Å². The maximum atomic E-state index is 12.7. The molecule has 28 heavy (non-hydrogen) atoms. The van der Waals surface area contributed by atoms with Gasteiger partial charge < -0.3 is 14.5 Å². The average molecular weight is 381 g/mol. The predicted molar refractivity (Wildman–Crippen MR) is 107 cm³/mol. The molecular formula is C21H27N5O2. The number of nitrogens with zero attached hydrogens (tertiary/aromatic N) is 5. The number of likely N-dealkylation sites (N-methyl/N-ethyl adjacent to an activating group) is 2. The van der Waals surface area contributed by atoms with Crippen LogP contribution in [0.4, 0.5) is 5.82 Å². The van der Waals surface area contributed by atoms with Crippen LogP contribution >= 0.6 is 0 Å². The summed E-state index contributed by atoms with van der Waals surface area (Å²) in [6, 6.07) is 9.03. The van der Waals surface area contributed by atoms with Crippen molar-refractivity contribution in [2.24, 2.45) is 0 Å². The van der Waals surface area contributed by atoms with E-state index >= 15 is 0 Å². The lowest BCUT2D eigenvalue weighted by molar-refractivity contribution is 0.0299. The van der Waals surface area contributed by atoms with Crippen LogP contribution in [0.5, 0.6) is 0 Å². The Morgan fingerprint density at radius 3 is 2.75 bits per heavy atom. The van der Waals surface area contributed by atoms with E-state index in [1.807, 2.05) is 7.05 Å². The number of carbonyl (C=O) groups is 1. The Hall–Kier alpha value is -2.51. The van der Waals surface area contributed by atoms with Crippen molar-refractivity contribution in [3.63, 3.8) is 0 Å². The lowest BCUT2D eigenvalue weighted by atomic mass is 9.94. The van der Waals surface area contributed by atoms with Crippen LogP contribution in [-0.4, -0.2) is 78.7 Å². The Kier molecular flexibility index (Phi) is 5.54. The number of amides is 1. The number of benzene rings is 1. The van der Waals surface area contributed by atoms with Crippen LogP contribution < -0.4 is 4.90 Å². The Morgan fingerprint density at radius 2 is 1.96 bits per heavy atom. The molecule has 2 aromatic rings. The fourth-order valence-corrected chi connectivity index (χ4v) is 3.90. The Labute approximate surface area is 165 Å². The topological polar surface area (TPSA) is 61.8 Å². The lowest BCUT2D eigenvalue weighted by Crippen LogP contribution is -2.45. The molecule has 7 heteroatoms. The largest absolute Gasteiger partial charge is 0.378 e. The molecular weight excluding hydrogens is 354 g/mol. The van der Waals surface area contributed by atoms with Gasteiger partial charge in [0.15, 0.2) is 0 Å². The number of ether oxygens (including phenoxy) is 1. The second-order valence-corrected chi connectivity index (χ2v) is 7.59. The maximum absolute atomic E-state index is 12.7. The number of hydrogen-bond donors (Lipinski definition) is 0. The van der Waals surface area contributed by atoms with Gasteiger partial charge in [-0.05, 0) is 24.6 Å². The van der Waals surface area contributed by atoms with Gasteiger partial charge in [0.25, 0.3) is 5.91 Å². The first kappa shape index (κ1) is 18.8. The van der Waals surface area contributed by atoms with Crippen LogP contribution in [0, 0.1) is 0 Å². The molecule has 7 nitrogen and oxygen atoms in total. The summed E-state index contributed by atoms with van der Waals surface area (Å²) in [4.78, 5) is 27.8. The summed E-state index contributed by atoms with van der Waals surface area (Å²) in [6.07, 6.45) is 4.29. The van der Waals surface area contributed by atoms with E-state index in [0.29, 0.717) is 38.0 Å². The van der Waals surface area contributed by atoms with Crippen molar-refractivity contribution in [1.82, 2.24) is 19.8 Å². The summed E-state index contributed by atoms with van der Waals surface area (Å²) in [7, 11) is 4.18. The first-order valence-electron chi connectivity index (χ1n) is 9.79. The molecule has 1 saturated heterocycles. The molecule has 0 spiro atoms. The molecule has 148 valence electrons. The van der Waals surface area contributed by atoms with Crippen molar-refractivity contribution in [1.29, 1.82) is 0 Å². The van der Waals surface area contributed by atoms with Gasteiger partial charge >= 0.3 is 0 Å². The average Bonchev–Trinajstić information content (AvgIpc) is 2.74. The van der Waals surface area contributed by atoms with Gasteiger partial charge in [-0.3, -0.25) is 14.7 Å². The SMILES string of the molecule is CN(CC1Cc2ccccc2CN1C)c1cncc(C(=O)N2CCOCC2)n1. The molecule has 0 bridgehead atoms. The summed E-state index contributed by atoms with van der Waals surface area (Å²) in [5, 5.41) is 0. The molecule has 1 atom stereocenters. The van der Waals surface area contributed by atoms with Gasteiger partial charge in [0.1, 0.15) is 11.5 Å². The molecule has 0 saturated carbocycles. The molecule has 0 radical (unpaired) electrons. The van der Waals surface area contributed by atoms with Crippen molar-refractivity contribution >= 4 is 11.7 Å². The number of aromatic nitrogens is 2. The van der Waals surface area contributed by atoms with Gasteiger partial charge in [-0.15, -0.1) is 0 Å². The highest BCUT2D eigenvalue weighted by molar-refractivity contribution is 5.92. The molecule has 3 heterocycles. The number of anilines is 1. The number of morpholine rings is 1. The van der Waals surface area contributed by atoms with Gasteiger partial charge in [-0.1, -0.05) is 24.3 Å². The molecule has 1 amide bonds. The van der Waals surface area contributed by atoms with Crippen molar-refractivity contribution in [3.8, 4) is 0 Å². The third-order valence-corrected chi connectivity index (χ3v) is 5.63. The quantitative estimate of drug-likeness (QED) is 0.799. The minimum atomic E-state index is -0.0743. The normalized spacial score (nSPS) is 19.9. The van der Waals surface area contributed by atoms with Crippen LogP contribution in [0.15, 0.2) is 36.7 Å². The van der Waals surface area contributed by atoms with Crippen molar-refractivity contribution in [3.05, 3.63) is 53.5 Å². The third-order valence-electron chi connectivity index (χ3n) is 5.63. The fraction of sp³-hybridized carbons (Fsp3) is 0.476. The number of carbonyl (C=O) groups excluding carboxylic acids is 1. The molecule has 1 unspecified atom stereocenters. The highest BCUT2D eigenvalue weighted by Gasteiger charge is 2.25. The second kappa shape index (κ2) is 8.24. The van der Waals surface area contributed by atoms with Crippen LogP contribution in [0.25, 0.3) is 0 Å². The zero-order chi connectivity index (χ0) is 19.5. The standard InChI is InChI=1S/C21H27N5O2/c1-24-14-17-6-4-3-5-16(17)11-18(24)15-25(2)20-13-22-12-19(23-20)21(27)26-7-9-28-10-8-26/h3-6,12-13,18H,7-11,14-15H2,1-2H3. The Morgan fingerprint density at radius 1 is 1.21 bits per heavy atom. The Balaban J connectivity index is 1.45. The van der Waals surface area contributed by atoms with E-state index in [1.54, 1.807) is 17.3 Å². The Bertz CT molecular complexity index is 837. The third kappa shape index (κ3) is 4.00. The zero-order valence-electron chi connectivity index (χ0n) is 16.5. The van der Waals surface area contributed by atoms with Crippen LogP contribution in [0.2, 0.25) is 0 Å². The van der Waals surface area contributed by atoms with Crippen LogP contribution in [-0.2, 0) is 17.7 Å². The maximum Gasteiger partial charge on any atom is 0.274 e. The van der Waals surface area contributed by atoms with Gasteiger partial charge in [-0.25, -0.2) is 4.98 Å². The van der Waals surface area contributed by atoms with Crippen molar-refractivity contribution < 1.29 is 9.53 Å². The van der Waals surface area contributed by atoms with E-state index in [2.05, 4.69) is 51.1 Å². The molecule has 0 N–H and O–H groups in total. The lowest BCUT2D eigenvalue weighted by Gasteiger charge is -2.36.